The molecule has 4 nitrogen and oxygen atoms in total. The van der Waals surface area contributed by atoms with Crippen LogP contribution in [0.2, 0.25) is 0 Å². The van der Waals surface area contributed by atoms with Crippen LogP contribution in [0.1, 0.15) is 52.3 Å². The minimum atomic E-state index is 0.363. The third kappa shape index (κ3) is 3.58. The fourth-order valence-electron chi connectivity index (χ4n) is 2.36. The standard InChI is InChI=1S/C15H26N4/c1-5-7-16-13-9-14(18-15(17-13)11(2)3)19-8-6-12(4)10-19/h9,11-12H,5-8,10H2,1-4H3,(H,16,17,18). The molecule has 0 aliphatic carbocycles. The molecular formula is C15H26N4. The minimum absolute atomic E-state index is 0.363. The molecule has 0 amide bonds. The minimum Gasteiger partial charge on any atom is -0.370 e. The summed E-state index contributed by atoms with van der Waals surface area (Å²) < 4.78 is 0. The topological polar surface area (TPSA) is 41.0 Å². The van der Waals surface area contributed by atoms with E-state index in [9.17, 15) is 0 Å². The molecule has 2 rings (SSSR count). The van der Waals surface area contributed by atoms with Gasteiger partial charge in [-0.05, 0) is 18.8 Å². The Morgan fingerprint density at radius 2 is 2.21 bits per heavy atom. The Hall–Kier alpha value is -1.32. The quantitative estimate of drug-likeness (QED) is 0.884. The van der Waals surface area contributed by atoms with Crippen LogP contribution < -0.4 is 10.2 Å². The fraction of sp³-hybridized carbons (Fsp3) is 0.733. The summed E-state index contributed by atoms with van der Waals surface area (Å²) in [6.45, 7) is 12.0. The van der Waals surface area contributed by atoms with Gasteiger partial charge in [0.1, 0.15) is 17.5 Å². The largest absolute Gasteiger partial charge is 0.370 e. The first-order chi connectivity index (χ1) is 9.10. The van der Waals surface area contributed by atoms with E-state index in [1.165, 1.54) is 6.42 Å². The molecular weight excluding hydrogens is 236 g/mol. The number of nitrogens with one attached hydrogen (secondary N) is 1. The predicted octanol–water partition coefficient (Wildman–Crippen LogP) is 3.27. The van der Waals surface area contributed by atoms with E-state index in [2.05, 4.69) is 49.0 Å². The van der Waals surface area contributed by atoms with Crippen molar-refractivity contribution in [3.8, 4) is 0 Å². The second-order valence-corrected chi connectivity index (χ2v) is 5.89. The SMILES string of the molecule is CCCNc1cc(N2CCC(C)C2)nc(C(C)C)n1. The monoisotopic (exact) mass is 262 g/mol. The summed E-state index contributed by atoms with van der Waals surface area (Å²) in [5.41, 5.74) is 0. The van der Waals surface area contributed by atoms with Gasteiger partial charge in [0.25, 0.3) is 0 Å². The molecule has 0 spiro atoms. The van der Waals surface area contributed by atoms with Crippen molar-refractivity contribution in [2.75, 3.05) is 29.9 Å². The first kappa shape index (κ1) is 14.1. The molecule has 1 aliphatic heterocycles. The van der Waals surface area contributed by atoms with Gasteiger partial charge in [0, 0.05) is 31.6 Å². The van der Waals surface area contributed by atoms with Gasteiger partial charge in [-0.25, -0.2) is 9.97 Å². The maximum atomic E-state index is 4.73. The first-order valence-corrected chi connectivity index (χ1v) is 7.48. The number of hydrogen-bond donors (Lipinski definition) is 1. The van der Waals surface area contributed by atoms with Crippen molar-refractivity contribution >= 4 is 11.6 Å². The molecule has 1 atom stereocenters. The lowest BCUT2D eigenvalue weighted by Crippen LogP contribution is -2.21. The van der Waals surface area contributed by atoms with Gasteiger partial charge in [-0.1, -0.05) is 27.7 Å². The van der Waals surface area contributed by atoms with Crippen LogP contribution in [0.25, 0.3) is 0 Å². The Labute approximate surface area is 116 Å². The van der Waals surface area contributed by atoms with Gasteiger partial charge in [0.2, 0.25) is 0 Å². The third-order valence-corrected chi connectivity index (χ3v) is 3.55. The number of aromatic nitrogens is 2. The smallest absolute Gasteiger partial charge is 0.135 e. The highest BCUT2D eigenvalue weighted by Crippen LogP contribution is 2.25. The van der Waals surface area contributed by atoms with Crippen molar-refractivity contribution in [1.82, 2.24) is 9.97 Å². The summed E-state index contributed by atoms with van der Waals surface area (Å²) in [7, 11) is 0. The van der Waals surface area contributed by atoms with Gasteiger partial charge in [0.05, 0.1) is 0 Å². The van der Waals surface area contributed by atoms with Crippen molar-refractivity contribution in [2.24, 2.45) is 5.92 Å². The molecule has 0 saturated carbocycles. The van der Waals surface area contributed by atoms with E-state index in [0.717, 1.165) is 49.4 Å². The number of anilines is 2. The molecule has 1 aromatic rings. The van der Waals surface area contributed by atoms with E-state index in [-0.39, 0.29) is 0 Å². The van der Waals surface area contributed by atoms with Crippen LogP contribution in [0.5, 0.6) is 0 Å². The summed E-state index contributed by atoms with van der Waals surface area (Å²) in [4.78, 5) is 11.7. The zero-order chi connectivity index (χ0) is 13.8. The first-order valence-electron chi connectivity index (χ1n) is 7.48. The van der Waals surface area contributed by atoms with Gasteiger partial charge in [0.15, 0.2) is 0 Å². The Balaban J connectivity index is 2.23. The molecule has 1 fully saturated rings. The number of hydrogen-bond acceptors (Lipinski definition) is 4. The lowest BCUT2D eigenvalue weighted by Gasteiger charge is -2.19. The van der Waals surface area contributed by atoms with Gasteiger partial charge < -0.3 is 10.2 Å². The average Bonchev–Trinajstić information content (AvgIpc) is 2.82. The molecule has 0 bridgehead atoms. The molecule has 2 heterocycles. The molecule has 0 aromatic carbocycles. The third-order valence-electron chi connectivity index (χ3n) is 3.55. The Kier molecular flexibility index (Phi) is 4.61. The van der Waals surface area contributed by atoms with Crippen LogP contribution in [0.4, 0.5) is 11.6 Å². The lowest BCUT2D eigenvalue weighted by atomic mass is 10.2. The zero-order valence-electron chi connectivity index (χ0n) is 12.6. The predicted molar refractivity (Wildman–Crippen MR) is 80.9 cm³/mol. The summed E-state index contributed by atoms with van der Waals surface area (Å²) >= 11 is 0. The number of nitrogens with zero attached hydrogens (tertiary/aromatic N) is 3. The maximum absolute atomic E-state index is 4.73. The molecule has 0 radical (unpaired) electrons. The van der Waals surface area contributed by atoms with Crippen LogP contribution >= 0.6 is 0 Å². The van der Waals surface area contributed by atoms with Crippen LogP contribution in [0, 0.1) is 5.92 Å². The number of rotatable bonds is 5. The lowest BCUT2D eigenvalue weighted by molar-refractivity contribution is 0.658. The van der Waals surface area contributed by atoms with E-state index in [0.29, 0.717) is 5.92 Å². The highest BCUT2D eigenvalue weighted by molar-refractivity contribution is 5.50. The summed E-state index contributed by atoms with van der Waals surface area (Å²) in [5, 5.41) is 3.39. The van der Waals surface area contributed by atoms with E-state index in [1.54, 1.807) is 0 Å². The molecule has 106 valence electrons. The van der Waals surface area contributed by atoms with E-state index in [4.69, 9.17) is 4.98 Å². The van der Waals surface area contributed by atoms with Crippen molar-refractivity contribution in [1.29, 1.82) is 0 Å². The zero-order valence-corrected chi connectivity index (χ0v) is 12.6. The van der Waals surface area contributed by atoms with Gasteiger partial charge in [-0.3, -0.25) is 0 Å². The molecule has 19 heavy (non-hydrogen) atoms. The highest BCUT2D eigenvalue weighted by atomic mass is 15.2. The maximum Gasteiger partial charge on any atom is 0.135 e. The molecule has 1 aromatic heterocycles. The average molecular weight is 262 g/mol. The summed E-state index contributed by atoms with van der Waals surface area (Å²) in [5.74, 6) is 4.12. The van der Waals surface area contributed by atoms with Gasteiger partial charge >= 0.3 is 0 Å². The van der Waals surface area contributed by atoms with Crippen molar-refractivity contribution < 1.29 is 0 Å². The second kappa shape index (κ2) is 6.22. The van der Waals surface area contributed by atoms with E-state index >= 15 is 0 Å². The van der Waals surface area contributed by atoms with Crippen LogP contribution in [0.15, 0.2) is 6.07 Å². The Morgan fingerprint density at radius 1 is 1.42 bits per heavy atom. The molecule has 1 aliphatic rings. The van der Waals surface area contributed by atoms with Gasteiger partial charge in [-0.15, -0.1) is 0 Å². The van der Waals surface area contributed by atoms with E-state index in [1.807, 2.05) is 0 Å². The van der Waals surface area contributed by atoms with Crippen molar-refractivity contribution in [3.63, 3.8) is 0 Å². The van der Waals surface area contributed by atoms with Crippen molar-refractivity contribution in [3.05, 3.63) is 11.9 Å². The summed E-state index contributed by atoms with van der Waals surface area (Å²) in [6, 6.07) is 2.10. The molecule has 1 unspecified atom stereocenters. The van der Waals surface area contributed by atoms with Crippen LogP contribution in [-0.2, 0) is 0 Å². The second-order valence-electron chi connectivity index (χ2n) is 5.89. The van der Waals surface area contributed by atoms with Gasteiger partial charge in [-0.2, -0.15) is 0 Å². The molecule has 4 heteroatoms. The highest BCUT2D eigenvalue weighted by Gasteiger charge is 2.21. The van der Waals surface area contributed by atoms with E-state index < -0.39 is 0 Å². The van der Waals surface area contributed by atoms with Crippen molar-refractivity contribution in [2.45, 2.75) is 46.5 Å². The Bertz CT molecular complexity index is 417. The fourth-order valence-corrected chi connectivity index (χ4v) is 2.36. The Morgan fingerprint density at radius 3 is 2.79 bits per heavy atom. The summed E-state index contributed by atoms with van der Waals surface area (Å²) in [6.07, 6.45) is 2.37. The van der Waals surface area contributed by atoms with Crippen LogP contribution in [-0.4, -0.2) is 29.6 Å². The van der Waals surface area contributed by atoms with Crippen LogP contribution in [0.3, 0.4) is 0 Å². The normalized spacial score (nSPS) is 19.2. The molecule has 1 N–H and O–H groups in total. The molecule has 1 saturated heterocycles.